The minimum atomic E-state index is 0. The Morgan fingerprint density at radius 3 is 2.93 bits per heavy atom. The number of aliphatic imine (C=N–C) groups is 1. The van der Waals surface area contributed by atoms with Gasteiger partial charge in [0.15, 0.2) is 5.96 Å². The van der Waals surface area contributed by atoms with Crippen LogP contribution >= 0.6 is 39.9 Å². The number of nitrogens with zero attached hydrogens (tertiary/aromatic N) is 3. The van der Waals surface area contributed by atoms with E-state index in [1.54, 1.807) is 20.4 Å². The lowest BCUT2D eigenvalue weighted by Gasteiger charge is -2.21. The van der Waals surface area contributed by atoms with Crippen molar-refractivity contribution in [2.24, 2.45) is 4.99 Å². The van der Waals surface area contributed by atoms with Crippen LogP contribution in [0.15, 0.2) is 52.1 Å². The topological polar surface area (TPSA) is 61.8 Å². The number of halogens is 2. The zero-order valence-corrected chi connectivity index (χ0v) is 19.4. The molecule has 1 saturated heterocycles. The molecular weight excluding hydrogens is 521 g/mol. The second-order valence-electron chi connectivity index (χ2n) is 6.16. The molecule has 1 fully saturated rings. The third-order valence-electron chi connectivity index (χ3n) is 4.41. The van der Waals surface area contributed by atoms with Gasteiger partial charge in [-0.15, -0.1) is 24.0 Å². The van der Waals surface area contributed by atoms with Crippen molar-refractivity contribution in [3.8, 4) is 5.88 Å². The van der Waals surface area contributed by atoms with E-state index in [2.05, 4.69) is 59.6 Å². The maximum absolute atomic E-state index is 5.16. The lowest BCUT2D eigenvalue weighted by Crippen LogP contribution is -2.44. The molecule has 0 saturated carbocycles. The van der Waals surface area contributed by atoms with Crippen LogP contribution < -0.4 is 20.3 Å². The molecule has 1 aromatic heterocycles. The monoisotopic (exact) mass is 545 g/mol. The van der Waals surface area contributed by atoms with Crippen molar-refractivity contribution < 1.29 is 4.74 Å². The SMILES string of the molecule is CN=C(NCc1ccnc(OC)c1)NC1CCN(c2ccccc2Br)C1.I. The van der Waals surface area contributed by atoms with Crippen molar-refractivity contribution in [2.75, 3.05) is 32.1 Å². The summed E-state index contributed by atoms with van der Waals surface area (Å²) in [6.07, 6.45) is 2.82. The van der Waals surface area contributed by atoms with E-state index in [-0.39, 0.29) is 24.0 Å². The van der Waals surface area contributed by atoms with Crippen molar-refractivity contribution in [3.05, 3.63) is 52.6 Å². The number of guanidine groups is 1. The van der Waals surface area contributed by atoms with Gasteiger partial charge in [-0.25, -0.2) is 4.98 Å². The minimum absolute atomic E-state index is 0. The molecule has 0 radical (unpaired) electrons. The van der Waals surface area contributed by atoms with E-state index in [0.29, 0.717) is 18.5 Å². The number of nitrogens with one attached hydrogen (secondary N) is 2. The summed E-state index contributed by atoms with van der Waals surface area (Å²) in [6, 6.07) is 12.6. The first-order valence-corrected chi connectivity index (χ1v) is 9.44. The standard InChI is InChI=1S/C19H24BrN5O.HI/c1-21-19(23-12-14-7-9-22-18(11-14)26-2)24-15-8-10-25(13-15)17-6-4-3-5-16(17)20;/h3-7,9,11,15H,8,10,12-13H2,1-2H3,(H2,21,23,24);1H. The van der Waals surface area contributed by atoms with Gasteiger partial charge in [-0.3, -0.25) is 4.99 Å². The Morgan fingerprint density at radius 2 is 2.19 bits per heavy atom. The van der Waals surface area contributed by atoms with Crippen molar-refractivity contribution in [2.45, 2.75) is 19.0 Å². The number of rotatable bonds is 5. The molecule has 0 spiro atoms. The van der Waals surface area contributed by atoms with Crippen LogP contribution in [0.25, 0.3) is 0 Å². The Morgan fingerprint density at radius 1 is 1.37 bits per heavy atom. The third-order valence-corrected chi connectivity index (χ3v) is 5.08. The molecule has 3 rings (SSSR count). The second kappa shape index (κ2) is 10.7. The van der Waals surface area contributed by atoms with Crippen LogP contribution in [0.1, 0.15) is 12.0 Å². The van der Waals surface area contributed by atoms with E-state index in [4.69, 9.17) is 4.74 Å². The van der Waals surface area contributed by atoms with E-state index >= 15 is 0 Å². The van der Waals surface area contributed by atoms with Gasteiger partial charge in [0.2, 0.25) is 5.88 Å². The molecule has 1 aromatic carbocycles. The minimum Gasteiger partial charge on any atom is -0.481 e. The Hall–Kier alpha value is -1.55. The highest BCUT2D eigenvalue weighted by Crippen LogP contribution is 2.28. The molecular formula is C19H25BrIN5O. The van der Waals surface area contributed by atoms with Gasteiger partial charge in [-0.1, -0.05) is 12.1 Å². The average molecular weight is 546 g/mol. The number of benzene rings is 1. The molecule has 0 amide bonds. The Balaban J connectivity index is 0.00000261. The molecule has 27 heavy (non-hydrogen) atoms. The van der Waals surface area contributed by atoms with Gasteiger partial charge in [-0.05, 0) is 46.1 Å². The Kier molecular flexibility index (Phi) is 8.62. The molecule has 0 aliphatic carbocycles. The van der Waals surface area contributed by atoms with Crippen molar-refractivity contribution >= 4 is 51.6 Å². The van der Waals surface area contributed by atoms with Gasteiger partial charge >= 0.3 is 0 Å². The van der Waals surface area contributed by atoms with Crippen molar-refractivity contribution in [1.29, 1.82) is 0 Å². The molecule has 2 heterocycles. The molecule has 2 aromatic rings. The Labute approximate surface area is 186 Å². The number of ether oxygens (including phenoxy) is 1. The molecule has 1 aliphatic rings. The van der Waals surface area contributed by atoms with Gasteiger partial charge in [0.25, 0.3) is 0 Å². The molecule has 0 bridgehead atoms. The number of hydrogen-bond donors (Lipinski definition) is 2. The summed E-state index contributed by atoms with van der Waals surface area (Å²) in [4.78, 5) is 10.9. The number of aromatic nitrogens is 1. The lowest BCUT2D eigenvalue weighted by atomic mass is 10.2. The molecule has 8 heteroatoms. The predicted octanol–water partition coefficient (Wildman–Crippen LogP) is 3.41. The number of para-hydroxylation sites is 1. The lowest BCUT2D eigenvalue weighted by molar-refractivity contribution is 0.397. The molecule has 146 valence electrons. The Bertz CT molecular complexity index is 773. The predicted molar refractivity (Wildman–Crippen MR) is 124 cm³/mol. The summed E-state index contributed by atoms with van der Waals surface area (Å²) >= 11 is 3.64. The van der Waals surface area contributed by atoms with E-state index < -0.39 is 0 Å². The van der Waals surface area contributed by atoms with E-state index in [1.807, 2.05) is 18.2 Å². The summed E-state index contributed by atoms with van der Waals surface area (Å²) in [5.74, 6) is 1.42. The van der Waals surface area contributed by atoms with Gasteiger partial charge < -0.3 is 20.3 Å². The smallest absolute Gasteiger partial charge is 0.213 e. The second-order valence-corrected chi connectivity index (χ2v) is 7.01. The maximum atomic E-state index is 5.16. The van der Waals surface area contributed by atoms with Crippen LogP contribution in [0, 0.1) is 0 Å². The molecule has 6 nitrogen and oxygen atoms in total. The summed E-state index contributed by atoms with van der Waals surface area (Å²) in [7, 11) is 3.42. The molecule has 1 atom stereocenters. The van der Waals surface area contributed by atoms with E-state index in [9.17, 15) is 0 Å². The van der Waals surface area contributed by atoms with Crippen LogP contribution in [0.2, 0.25) is 0 Å². The normalized spacial score (nSPS) is 16.6. The molecule has 2 N–H and O–H groups in total. The van der Waals surface area contributed by atoms with Crippen LogP contribution in [0.3, 0.4) is 0 Å². The van der Waals surface area contributed by atoms with Crippen molar-refractivity contribution in [1.82, 2.24) is 15.6 Å². The van der Waals surface area contributed by atoms with Crippen LogP contribution in [0.4, 0.5) is 5.69 Å². The fourth-order valence-electron chi connectivity index (χ4n) is 3.05. The maximum Gasteiger partial charge on any atom is 0.213 e. The summed E-state index contributed by atoms with van der Waals surface area (Å²) in [5, 5.41) is 6.88. The first kappa shape index (κ1) is 21.7. The number of hydrogen-bond acceptors (Lipinski definition) is 4. The fraction of sp³-hybridized carbons (Fsp3) is 0.368. The third kappa shape index (κ3) is 5.97. The largest absolute Gasteiger partial charge is 0.481 e. The summed E-state index contributed by atoms with van der Waals surface area (Å²) < 4.78 is 6.30. The highest BCUT2D eigenvalue weighted by atomic mass is 127. The van der Waals surface area contributed by atoms with Crippen LogP contribution in [-0.4, -0.2) is 44.2 Å². The first-order valence-electron chi connectivity index (χ1n) is 8.65. The number of methoxy groups -OCH3 is 1. The highest BCUT2D eigenvalue weighted by molar-refractivity contribution is 14.0. The van der Waals surface area contributed by atoms with Crippen LogP contribution in [-0.2, 0) is 6.54 Å². The van der Waals surface area contributed by atoms with E-state index in [1.165, 1.54) is 5.69 Å². The molecule has 1 aliphatic heterocycles. The van der Waals surface area contributed by atoms with Gasteiger partial charge in [-0.2, -0.15) is 0 Å². The van der Waals surface area contributed by atoms with E-state index in [0.717, 1.165) is 35.5 Å². The number of anilines is 1. The van der Waals surface area contributed by atoms with Gasteiger partial charge in [0, 0.05) is 49.5 Å². The number of pyridine rings is 1. The summed E-state index contributed by atoms with van der Waals surface area (Å²) in [5.41, 5.74) is 2.34. The first-order chi connectivity index (χ1) is 12.7. The van der Waals surface area contributed by atoms with Crippen molar-refractivity contribution in [3.63, 3.8) is 0 Å². The van der Waals surface area contributed by atoms with Gasteiger partial charge in [0.05, 0.1) is 12.8 Å². The zero-order chi connectivity index (χ0) is 18.4. The fourth-order valence-corrected chi connectivity index (χ4v) is 3.59. The van der Waals surface area contributed by atoms with Gasteiger partial charge in [0.1, 0.15) is 0 Å². The highest BCUT2D eigenvalue weighted by Gasteiger charge is 2.24. The molecule has 1 unspecified atom stereocenters. The zero-order valence-electron chi connectivity index (χ0n) is 15.5. The van der Waals surface area contributed by atoms with Crippen LogP contribution in [0.5, 0.6) is 5.88 Å². The average Bonchev–Trinajstić information content (AvgIpc) is 3.14. The summed E-state index contributed by atoms with van der Waals surface area (Å²) in [6.45, 7) is 2.64. The quantitative estimate of drug-likeness (QED) is 0.342.